The van der Waals surface area contributed by atoms with Crippen LogP contribution in [-0.4, -0.2) is 51.6 Å². The zero-order valence-corrected chi connectivity index (χ0v) is 16.9. The van der Waals surface area contributed by atoms with Gasteiger partial charge in [0.2, 0.25) is 0 Å². The van der Waals surface area contributed by atoms with Crippen molar-refractivity contribution in [2.24, 2.45) is 0 Å². The maximum absolute atomic E-state index is 13.0. The fourth-order valence-electron chi connectivity index (χ4n) is 3.64. The molecule has 29 heavy (non-hydrogen) atoms. The van der Waals surface area contributed by atoms with Crippen LogP contribution in [0.15, 0.2) is 48.5 Å². The molecule has 0 spiro atoms. The number of hydrogen-bond donors (Lipinski definition) is 4. The Kier molecular flexibility index (Phi) is 6.95. The number of rotatable bonds is 5. The van der Waals surface area contributed by atoms with Gasteiger partial charge < -0.3 is 20.4 Å². The molecule has 7 heteroatoms. The molecule has 2 amide bonds. The van der Waals surface area contributed by atoms with Crippen molar-refractivity contribution in [3.05, 3.63) is 65.5 Å². The van der Waals surface area contributed by atoms with Crippen LogP contribution < -0.4 is 20.4 Å². The Bertz CT molecular complexity index is 831. The third-order valence-electron chi connectivity index (χ3n) is 5.49. The summed E-state index contributed by atoms with van der Waals surface area (Å²) in [6.45, 7) is 6.62. The van der Waals surface area contributed by atoms with E-state index < -0.39 is 17.6 Å². The van der Waals surface area contributed by atoms with E-state index in [9.17, 15) is 14.0 Å². The van der Waals surface area contributed by atoms with Crippen molar-refractivity contribution in [1.82, 2.24) is 5.32 Å². The molecule has 0 unspecified atom stereocenters. The molecule has 4 N–H and O–H groups in total. The van der Waals surface area contributed by atoms with Crippen LogP contribution in [-0.2, 0) is 9.59 Å². The highest BCUT2D eigenvalue weighted by atomic mass is 19.1. The van der Waals surface area contributed by atoms with Gasteiger partial charge in [0.1, 0.15) is 38.0 Å². The summed E-state index contributed by atoms with van der Waals surface area (Å²) in [5.41, 5.74) is 2.73. The quantitative estimate of drug-likeness (QED) is 0.504. The van der Waals surface area contributed by atoms with Crippen molar-refractivity contribution < 1.29 is 23.8 Å². The smallest absolute Gasteiger partial charge is 0.313 e. The number of piperazine rings is 1. The Morgan fingerprint density at radius 2 is 1.59 bits per heavy atom. The number of anilines is 1. The lowest BCUT2D eigenvalue weighted by atomic mass is 10.0. The number of carbonyl (C=O) groups is 2. The molecule has 1 heterocycles. The highest BCUT2D eigenvalue weighted by Gasteiger charge is 2.30. The second-order valence-electron chi connectivity index (χ2n) is 7.75. The first-order chi connectivity index (χ1) is 13.9. The molecule has 0 bridgehead atoms. The highest BCUT2D eigenvalue weighted by molar-refractivity contribution is 6.39. The largest absolute Gasteiger partial charge is 0.341 e. The van der Waals surface area contributed by atoms with E-state index in [1.165, 1.54) is 39.6 Å². The van der Waals surface area contributed by atoms with Gasteiger partial charge in [-0.05, 0) is 31.2 Å². The predicted molar refractivity (Wildman–Crippen MR) is 109 cm³/mol. The van der Waals surface area contributed by atoms with Crippen molar-refractivity contribution in [2.45, 2.75) is 13.0 Å². The lowest BCUT2D eigenvalue weighted by Crippen LogP contribution is -3.27. The zero-order chi connectivity index (χ0) is 20.8. The van der Waals surface area contributed by atoms with Gasteiger partial charge in [-0.1, -0.05) is 29.8 Å². The topological polar surface area (TPSA) is 67.1 Å². The second-order valence-corrected chi connectivity index (χ2v) is 7.75. The van der Waals surface area contributed by atoms with E-state index in [4.69, 9.17) is 0 Å². The Hall–Kier alpha value is -2.77. The number of aryl methyl sites for hydroxylation is 1. The summed E-state index contributed by atoms with van der Waals surface area (Å²) >= 11 is 0. The minimum Gasteiger partial charge on any atom is -0.341 e. The standard InChI is InChI=1S/C22H27FN4O2/c1-16-3-5-17(6-4-16)20(27-13-11-26(2)12-14-27)15-24-21(28)22(29)25-19-9-7-18(23)8-10-19/h3-10,20H,11-15H2,1-2H3,(H,24,28)(H,25,29)/p+2/t20-/m0/s1. The SMILES string of the molecule is Cc1ccc([C@H](CNC(=O)C(=O)Nc2ccc(F)cc2)[NH+]2CC[NH+](C)CC2)cc1. The summed E-state index contributed by atoms with van der Waals surface area (Å²) in [7, 11) is 2.19. The first-order valence-electron chi connectivity index (χ1n) is 9.99. The molecule has 1 saturated heterocycles. The average Bonchev–Trinajstić information content (AvgIpc) is 2.72. The molecule has 2 aromatic rings. The number of benzene rings is 2. The second kappa shape index (κ2) is 9.62. The van der Waals surface area contributed by atoms with Gasteiger partial charge in [0.05, 0.1) is 13.6 Å². The first-order valence-corrected chi connectivity index (χ1v) is 9.99. The van der Waals surface area contributed by atoms with Crippen LogP contribution in [0.1, 0.15) is 17.2 Å². The normalized spacial score (nSPS) is 20.0. The van der Waals surface area contributed by atoms with E-state index in [1.807, 2.05) is 6.92 Å². The van der Waals surface area contributed by atoms with Crippen molar-refractivity contribution in [2.75, 3.05) is 45.1 Å². The molecule has 1 aliphatic heterocycles. The third-order valence-corrected chi connectivity index (χ3v) is 5.49. The van der Waals surface area contributed by atoms with E-state index in [-0.39, 0.29) is 6.04 Å². The van der Waals surface area contributed by atoms with E-state index in [0.29, 0.717) is 12.2 Å². The molecule has 6 nitrogen and oxygen atoms in total. The van der Waals surface area contributed by atoms with E-state index in [1.54, 1.807) is 0 Å². The van der Waals surface area contributed by atoms with Crippen molar-refractivity contribution >= 4 is 17.5 Å². The van der Waals surface area contributed by atoms with Crippen LogP contribution >= 0.6 is 0 Å². The fourth-order valence-corrected chi connectivity index (χ4v) is 3.64. The summed E-state index contributed by atoms with van der Waals surface area (Å²) in [6, 6.07) is 13.8. The predicted octanol–water partition coefficient (Wildman–Crippen LogP) is -0.657. The summed E-state index contributed by atoms with van der Waals surface area (Å²) in [5.74, 6) is -1.84. The van der Waals surface area contributed by atoms with Crippen LogP contribution in [0.3, 0.4) is 0 Å². The van der Waals surface area contributed by atoms with Crippen molar-refractivity contribution in [1.29, 1.82) is 0 Å². The van der Waals surface area contributed by atoms with Crippen LogP contribution in [0.4, 0.5) is 10.1 Å². The lowest BCUT2D eigenvalue weighted by Gasteiger charge is -2.33. The van der Waals surface area contributed by atoms with Crippen LogP contribution in [0.2, 0.25) is 0 Å². The molecule has 1 aliphatic rings. The minimum absolute atomic E-state index is 0.0891. The molecule has 1 fully saturated rings. The summed E-state index contributed by atoms with van der Waals surface area (Å²) in [6.07, 6.45) is 0. The van der Waals surface area contributed by atoms with Crippen LogP contribution in [0.5, 0.6) is 0 Å². The first kappa shape index (κ1) is 21.0. The number of halogens is 1. The van der Waals surface area contributed by atoms with Gasteiger partial charge in [0.15, 0.2) is 0 Å². The summed E-state index contributed by atoms with van der Waals surface area (Å²) < 4.78 is 13.0. The van der Waals surface area contributed by atoms with E-state index in [2.05, 4.69) is 41.9 Å². The van der Waals surface area contributed by atoms with Gasteiger partial charge in [-0.3, -0.25) is 9.59 Å². The van der Waals surface area contributed by atoms with Crippen LogP contribution in [0, 0.1) is 12.7 Å². The van der Waals surface area contributed by atoms with Gasteiger partial charge in [0.25, 0.3) is 0 Å². The number of likely N-dealkylation sites (N-methyl/N-ethyl adjacent to an activating group) is 1. The Balaban J connectivity index is 1.63. The number of amides is 2. The average molecular weight is 400 g/mol. The molecule has 2 aromatic carbocycles. The van der Waals surface area contributed by atoms with Gasteiger partial charge in [-0.15, -0.1) is 0 Å². The summed E-state index contributed by atoms with van der Waals surface area (Å²) in [4.78, 5) is 27.4. The Morgan fingerprint density at radius 3 is 2.21 bits per heavy atom. The van der Waals surface area contributed by atoms with E-state index >= 15 is 0 Å². The molecular weight excluding hydrogens is 371 g/mol. The number of quaternary nitrogens is 2. The van der Waals surface area contributed by atoms with Gasteiger partial charge in [0, 0.05) is 11.3 Å². The lowest BCUT2D eigenvalue weighted by molar-refractivity contribution is -1.02. The maximum atomic E-state index is 13.0. The molecule has 0 aliphatic carbocycles. The number of hydrogen-bond acceptors (Lipinski definition) is 2. The van der Waals surface area contributed by atoms with Crippen LogP contribution in [0.25, 0.3) is 0 Å². The third kappa shape index (κ3) is 5.85. The minimum atomic E-state index is -0.753. The number of carbonyl (C=O) groups excluding carboxylic acids is 2. The zero-order valence-electron chi connectivity index (χ0n) is 16.9. The molecule has 3 rings (SSSR count). The molecule has 0 saturated carbocycles. The van der Waals surface area contributed by atoms with Crippen molar-refractivity contribution in [3.8, 4) is 0 Å². The summed E-state index contributed by atoms with van der Waals surface area (Å²) in [5, 5.41) is 5.28. The molecule has 1 atom stereocenters. The highest BCUT2D eigenvalue weighted by Crippen LogP contribution is 2.11. The van der Waals surface area contributed by atoms with Gasteiger partial charge in [-0.2, -0.15) is 0 Å². The Labute approximate surface area is 170 Å². The molecule has 0 radical (unpaired) electrons. The molecular formula is C22H29FN4O2+2. The fraction of sp³-hybridized carbons (Fsp3) is 0.364. The van der Waals surface area contributed by atoms with Gasteiger partial charge in [-0.25, -0.2) is 4.39 Å². The van der Waals surface area contributed by atoms with Crippen molar-refractivity contribution in [3.63, 3.8) is 0 Å². The van der Waals surface area contributed by atoms with E-state index in [0.717, 1.165) is 31.7 Å². The monoisotopic (exact) mass is 400 g/mol. The maximum Gasteiger partial charge on any atom is 0.313 e. The Morgan fingerprint density at radius 1 is 0.966 bits per heavy atom. The molecule has 0 aromatic heterocycles. The number of nitrogens with one attached hydrogen (secondary N) is 4. The molecule has 154 valence electrons. The van der Waals surface area contributed by atoms with Gasteiger partial charge >= 0.3 is 11.8 Å².